The Hall–Kier alpha value is -0.960. The first-order valence-electron chi connectivity index (χ1n) is 6.47. The lowest BCUT2D eigenvalue weighted by molar-refractivity contribution is 0.707. The van der Waals surface area contributed by atoms with Gasteiger partial charge in [-0.1, -0.05) is 6.42 Å². The van der Waals surface area contributed by atoms with Crippen molar-refractivity contribution in [3.63, 3.8) is 0 Å². The number of rotatable bonds is 2. The fraction of sp³-hybridized carbons (Fsp3) is 0.692. The zero-order valence-electron chi connectivity index (χ0n) is 9.71. The van der Waals surface area contributed by atoms with Crippen LogP contribution in [-0.2, 0) is 19.4 Å². The first-order chi connectivity index (χ1) is 7.88. The molecule has 0 atom stereocenters. The van der Waals surface area contributed by atoms with Gasteiger partial charge in [0.1, 0.15) is 5.82 Å². The van der Waals surface area contributed by atoms with E-state index in [1.807, 2.05) is 0 Å². The molecular formula is C13H19N3. The van der Waals surface area contributed by atoms with Crippen molar-refractivity contribution in [2.45, 2.75) is 57.4 Å². The molecule has 2 N–H and O–H groups in total. The second-order valence-corrected chi connectivity index (χ2v) is 4.99. The third-order valence-corrected chi connectivity index (χ3v) is 3.67. The van der Waals surface area contributed by atoms with E-state index in [9.17, 15) is 0 Å². The fourth-order valence-corrected chi connectivity index (χ4v) is 2.56. The van der Waals surface area contributed by atoms with Crippen molar-refractivity contribution in [2.75, 3.05) is 0 Å². The van der Waals surface area contributed by atoms with Gasteiger partial charge in [0.05, 0.1) is 5.69 Å². The molecule has 0 saturated heterocycles. The van der Waals surface area contributed by atoms with Gasteiger partial charge < -0.3 is 5.73 Å². The summed E-state index contributed by atoms with van der Waals surface area (Å²) in [6.07, 6.45) is 8.66. The molecule has 16 heavy (non-hydrogen) atoms. The average molecular weight is 217 g/mol. The number of hydrogen-bond acceptors (Lipinski definition) is 3. The van der Waals surface area contributed by atoms with E-state index in [1.54, 1.807) is 0 Å². The van der Waals surface area contributed by atoms with Gasteiger partial charge in [-0.05, 0) is 44.1 Å². The molecule has 2 aliphatic rings. The predicted octanol–water partition coefficient (Wildman–Crippen LogP) is 2.08. The van der Waals surface area contributed by atoms with Crippen LogP contribution in [0, 0.1) is 0 Å². The van der Waals surface area contributed by atoms with Crippen molar-refractivity contribution in [3.05, 3.63) is 22.8 Å². The molecular weight excluding hydrogens is 198 g/mol. The molecule has 0 amide bonds. The summed E-state index contributed by atoms with van der Waals surface area (Å²) in [5.74, 6) is 1.71. The van der Waals surface area contributed by atoms with Crippen molar-refractivity contribution in [2.24, 2.45) is 5.73 Å². The van der Waals surface area contributed by atoms with Crippen LogP contribution < -0.4 is 5.73 Å². The Labute approximate surface area is 96.5 Å². The van der Waals surface area contributed by atoms with Gasteiger partial charge in [-0.2, -0.15) is 0 Å². The molecule has 3 nitrogen and oxygen atoms in total. The maximum Gasteiger partial charge on any atom is 0.132 e. The topological polar surface area (TPSA) is 51.8 Å². The summed E-state index contributed by atoms with van der Waals surface area (Å²) in [5, 5.41) is 0. The molecule has 1 fully saturated rings. The van der Waals surface area contributed by atoms with Gasteiger partial charge >= 0.3 is 0 Å². The summed E-state index contributed by atoms with van der Waals surface area (Å²) in [7, 11) is 0. The Morgan fingerprint density at radius 3 is 2.62 bits per heavy atom. The van der Waals surface area contributed by atoms with Crippen LogP contribution in [0.2, 0.25) is 0 Å². The van der Waals surface area contributed by atoms with E-state index in [0.29, 0.717) is 12.5 Å². The highest BCUT2D eigenvalue weighted by atomic mass is 14.9. The summed E-state index contributed by atoms with van der Waals surface area (Å²) in [6, 6.07) is 0. The molecule has 3 rings (SSSR count). The van der Waals surface area contributed by atoms with E-state index in [1.165, 1.54) is 43.4 Å². The maximum absolute atomic E-state index is 5.82. The van der Waals surface area contributed by atoms with Crippen LogP contribution in [0.4, 0.5) is 0 Å². The first kappa shape index (κ1) is 10.2. The molecule has 0 spiro atoms. The van der Waals surface area contributed by atoms with Crippen LogP contribution in [0.25, 0.3) is 0 Å². The largest absolute Gasteiger partial charge is 0.325 e. The normalized spacial score (nSPS) is 20.3. The number of aromatic nitrogens is 2. The van der Waals surface area contributed by atoms with Crippen LogP contribution in [0.15, 0.2) is 0 Å². The van der Waals surface area contributed by atoms with Gasteiger partial charge in [-0.15, -0.1) is 0 Å². The van der Waals surface area contributed by atoms with Crippen molar-refractivity contribution < 1.29 is 0 Å². The lowest BCUT2D eigenvalue weighted by Gasteiger charge is -2.11. The molecule has 86 valence electrons. The van der Waals surface area contributed by atoms with E-state index in [4.69, 9.17) is 10.7 Å². The van der Waals surface area contributed by atoms with E-state index >= 15 is 0 Å². The predicted molar refractivity (Wildman–Crippen MR) is 63.2 cm³/mol. The minimum atomic E-state index is 0.574. The second kappa shape index (κ2) is 4.13. The smallest absolute Gasteiger partial charge is 0.132 e. The zero-order valence-corrected chi connectivity index (χ0v) is 9.71. The zero-order chi connectivity index (χ0) is 11.0. The third kappa shape index (κ3) is 1.84. The Kier molecular flexibility index (Phi) is 2.64. The molecule has 2 aliphatic carbocycles. The summed E-state index contributed by atoms with van der Waals surface area (Å²) >= 11 is 0. The highest BCUT2D eigenvalue weighted by molar-refractivity contribution is 5.29. The summed E-state index contributed by atoms with van der Waals surface area (Å²) in [6.45, 7) is 0.574. The van der Waals surface area contributed by atoms with Crippen LogP contribution in [0.5, 0.6) is 0 Å². The average Bonchev–Trinajstić information content (AvgIpc) is 3.13. The lowest BCUT2D eigenvalue weighted by atomic mass is 10.1. The fourth-order valence-electron chi connectivity index (χ4n) is 2.56. The first-order valence-corrected chi connectivity index (χ1v) is 6.47. The highest BCUT2D eigenvalue weighted by Gasteiger charge is 2.28. The van der Waals surface area contributed by atoms with Gasteiger partial charge in [0.2, 0.25) is 0 Å². The Balaban J connectivity index is 2.04. The molecule has 1 saturated carbocycles. The third-order valence-electron chi connectivity index (χ3n) is 3.67. The molecule has 0 bridgehead atoms. The quantitative estimate of drug-likeness (QED) is 0.772. The second-order valence-electron chi connectivity index (χ2n) is 4.99. The molecule has 0 radical (unpaired) electrons. The number of aryl methyl sites for hydroxylation is 1. The maximum atomic E-state index is 5.82. The Morgan fingerprint density at radius 1 is 1.06 bits per heavy atom. The molecule has 0 unspecified atom stereocenters. The molecule has 3 heteroatoms. The summed E-state index contributed by atoms with van der Waals surface area (Å²) in [5.41, 5.74) is 9.61. The van der Waals surface area contributed by atoms with Crippen molar-refractivity contribution in [3.8, 4) is 0 Å². The monoisotopic (exact) mass is 217 g/mol. The van der Waals surface area contributed by atoms with E-state index in [0.717, 1.165) is 24.4 Å². The SMILES string of the molecule is NCc1nc(C2CC2)nc2c1CCCCC2. The van der Waals surface area contributed by atoms with E-state index in [2.05, 4.69) is 4.98 Å². The van der Waals surface area contributed by atoms with Gasteiger partial charge in [-0.3, -0.25) is 0 Å². The van der Waals surface area contributed by atoms with Crippen LogP contribution in [0.3, 0.4) is 0 Å². The minimum Gasteiger partial charge on any atom is -0.325 e. The van der Waals surface area contributed by atoms with E-state index in [-0.39, 0.29) is 0 Å². The van der Waals surface area contributed by atoms with Crippen LogP contribution in [0.1, 0.15) is 60.8 Å². The summed E-state index contributed by atoms with van der Waals surface area (Å²) in [4.78, 5) is 9.45. The standard InChI is InChI=1S/C13H19N3/c14-8-12-10-4-2-1-3-5-11(10)15-13(16-12)9-6-7-9/h9H,1-8,14H2. The van der Waals surface area contributed by atoms with Crippen molar-refractivity contribution >= 4 is 0 Å². The Morgan fingerprint density at radius 2 is 1.88 bits per heavy atom. The number of hydrogen-bond donors (Lipinski definition) is 1. The molecule has 1 aromatic rings. The van der Waals surface area contributed by atoms with E-state index < -0.39 is 0 Å². The summed E-state index contributed by atoms with van der Waals surface area (Å²) < 4.78 is 0. The van der Waals surface area contributed by atoms with Crippen molar-refractivity contribution in [1.82, 2.24) is 9.97 Å². The number of fused-ring (bicyclic) bond motifs is 1. The molecule has 1 aromatic heterocycles. The number of nitrogens with two attached hydrogens (primary N) is 1. The minimum absolute atomic E-state index is 0.574. The van der Waals surface area contributed by atoms with Crippen LogP contribution in [-0.4, -0.2) is 9.97 Å². The number of nitrogens with zero attached hydrogens (tertiary/aromatic N) is 2. The van der Waals surface area contributed by atoms with Gasteiger partial charge in [-0.25, -0.2) is 9.97 Å². The Bertz CT molecular complexity index is 396. The molecule has 0 aromatic carbocycles. The lowest BCUT2D eigenvalue weighted by Crippen LogP contribution is -2.12. The van der Waals surface area contributed by atoms with Crippen molar-refractivity contribution in [1.29, 1.82) is 0 Å². The van der Waals surface area contributed by atoms with Gasteiger partial charge in [0.15, 0.2) is 0 Å². The highest BCUT2D eigenvalue weighted by Crippen LogP contribution is 2.38. The van der Waals surface area contributed by atoms with Gasteiger partial charge in [0, 0.05) is 18.2 Å². The van der Waals surface area contributed by atoms with Crippen LogP contribution >= 0.6 is 0 Å². The molecule has 0 aliphatic heterocycles. The van der Waals surface area contributed by atoms with Gasteiger partial charge in [0.25, 0.3) is 0 Å². The molecule has 1 heterocycles.